The van der Waals surface area contributed by atoms with Crippen molar-refractivity contribution >= 4 is 0 Å². The zero-order chi connectivity index (χ0) is 10.2. The molecular weight excluding hydrogens is 168 g/mol. The molecule has 1 atom stereocenters. The normalized spacial score (nSPS) is 26.1. The Hall–Kier alpha value is -0.520. The van der Waals surface area contributed by atoms with Crippen molar-refractivity contribution < 1.29 is 0 Å². The first kappa shape index (κ1) is 11.6. The molecule has 1 rings (SSSR count). The van der Waals surface area contributed by atoms with Crippen LogP contribution in [0.3, 0.4) is 0 Å². The van der Waals surface area contributed by atoms with Gasteiger partial charge in [-0.15, -0.1) is 0 Å². The molecule has 1 aliphatic rings. The maximum atomic E-state index is 2.49. The lowest BCUT2D eigenvalue weighted by Crippen LogP contribution is -2.05. The Morgan fingerprint density at radius 2 is 2.07 bits per heavy atom. The average molecular weight is 192 g/mol. The zero-order valence-corrected chi connectivity index (χ0v) is 9.76. The fourth-order valence-electron chi connectivity index (χ4n) is 2.16. The number of hydrogen-bond acceptors (Lipinski definition) is 0. The zero-order valence-electron chi connectivity index (χ0n) is 9.76. The van der Waals surface area contributed by atoms with Gasteiger partial charge in [0.1, 0.15) is 0 Å². The van der Waals surface area contributed by atoms with Gasteiger partial charge in [-0.3, -0.25) is 0 Å². The SMILES string of the molecule is CC/C=C\CC/C=C1/CCCCC1C. The lowest BCUT2D eigenvalue weighted by Gasteiger charge is -2.21. The van der Waals surface area contributed by atoms with Gasteiger partial charge in [-0.2, -0.15) is 0 Å². The van der Waals surface area contributed by atoms with Crippen molar-refractivity contribution in [2.75, 3.05) is 0 Å². The molecule has 0 aromatic rings. The van der Waals surface area contributed by atoms with Crippen LogP contribution < -0.4 is 0 Å². The molecule has 0 aliphatic heterocycles. The van der Waals surface area contributed by atoms with Crippen LogP contribution in [-0.2, 0) is 0 Å². The van der Waals surface area contributed by atoms with Gasteiger partial charge in [-0.25, -0.2) is 0 Å². The van der Waals surface area contributed by atoms with Crippen molar-refractivity contribution in [3.05, 3.63) is 23.8 Å². The van der Waals surface area contributed by atoms with E-state index >= 15 is 0 Å². The number of hydrogen-bond donors (Lipinski definition) is 0. The molecule has 14 heavy (non-hydrogen) atoms. The molecule has 0 N–H and O–H groups in total. The van der Waals surface area contributed by atoms with Gasteiger partial charge in [0, 0.05) is 0 Å². The number of allylic oxidation sites excluding steroid dienone is 4. The first-order valence-electron chi connectivity index (χ1n) is 6.18. The predicted octanol–water partition coefficient (Wildman–Crippen LogP) is 4.87. The highest BCUT2D eigenvalue weighted by Gasteiger charge is 2.12. The van der Waals surface area contributed by atoms with Crippen LogP contribution in [0.15, 0.2) is 23.8 Å². The second-order valence-corrected chi connectivity index (χ2v) is 4.38. The summed E-state index contributed by atoms with van der Waals surface area (Å²) in [6, 6.07) is 0. The third-order valence-corrected chi connectivity index (χ3v) is 3.13. The van der Waals surface area contributed by atoms with E-state index in [1.807, 2.05) is 0 Å². The van der Waals surface area contributed by atoms with E-state index in [2.05, 4.69) is 32.1 Å². The Balaban J connectivity index is 2.24. The van der Waals surface area contributed by atoms with Crippen molar-refractivity contribution in [3.8, 4) is 0 Å². The van der Waals surface area contributed by atoms with E-state index in [1.54, 1.807) is 5.57 Å². The van der Waals surface area contributed by atoms with Crippen LogP contribution in [0.2, 0.25) is 0 Å². The minimum atomic E-state index is 0.860. The summed E-state index contributed by atoms with van der Waals surface area (Å²) < 4.78 is 0. The molecule has 0 bridgehead atoms. The first-order chi connectivity index (χ1) is 6.84. The molecule has 1 fully saturated rings. The molecule has 0 aromatic carbocycles. The highest BCUT2D eigenvalue weighted by molar-refractivity contribution is 5.08. The van der Waals surface area contributed by atoms with E-state index in [4.69, 9.17) is 0 Å². The summed E-state index contributed by atoms with van der Waals surface area (Å²) in [5.74, 6) is 0.860. The van der Waals surface area contributed by atoms with Crippen LogP contribution in [0.1, 0.15) is 58.8 Å². The Labute approximate surface area is 89.1 Å². The highest BCUT2D eigenvalue weighted by Crippen LogP contribution is 2.29. The molecule has 0 saturated heterocycles. The molecule has 0 aromatic heterocycles. The molecule has 0 nitrogen and oxygen atoms in total. The molecular formula is C14H24. The van der Waals surface area contributed by atoms with Crippen LogP contribution in [0.25, 0.3) is 0 Å². The van der Waals surface area contributed by atoms with Crippen LogP contribution in [0.4, 0.5) is 0 Å². The molecule has 0 radical (unpaired) electrons. The monoisotopic (exact) mass is 192 g/mol. The molecule has 0 spiro atoms. The van der Waals surface area contributed by atoms with Crippen molar-refractivity contribution in [2.24, 2.45) is 5.92 Å². The van der Waals surface area contributed by atoms with E-state index in [0.29, 0.717) is 0 Å². The fourth-order valence-corrected chi connectivity index (χ4v) is 2.16. The lowest BCUT2D eigenvalue weighted by atomic mass is 9.85. The van der Waals surface area contributed by atoms with Gasteiger partial charge in [-0.1, -0.05) is 44.1 Å². The Morgan fingerprint density at radius 1 is 1.21 bits per heavy atom. The minimum Gasteiger partial charge on any atom is -0.0888 e. The third-order valence-electron chi connectivity index (χ3n) is 3.13. The lowest BCUT2D eigenvalue weighted by molar-refractivity contribution is 0.481. The van der Waals surface area contributed by atoms with Crippen molar-refractivity contribution in [1.29, 1.82) is 0 Å². The molecule has 0 heterocycles. The summed E-state index contributed by atoms with van der Waals surface area (Å²) in [5.41, 5.74) is 1.72. The van der Waals surface area contributed by atoms with Crippen molar-refractivity contribution in [2.45, 2.75) is 58.8 Å². The molecule has 1 unspecified atom stereocenters. The van der Waals surface area contributed by atoms with Crippen LogP contribution in [0, 0.1) is 5.92 Å². The topological polar surface area (TPSA) is 0 Å². The van der Waals surface area contributed by atoms with E-state index in [1.165, 1.54) is 44.9 Å². The second-order valence-electron chi connectivity index (χ2n) is 4.38. The fraction of sp³-hybridized carbons (Fsp3) is 0.714. The van der Waals surface area contributed by atoms with Crippen LogP contribution >= 0.6 is 0 Å². The van der Waals surface area contributed by atoms with Gasteiger partial charge >= 0.3 is 0 Å². The Bertz CT molecular complexity index is 198. The summed E-state index contributed by atoms with van der Waals surface area (Å²) >= 11 is 0. The summed E-state index contributed by atoms with van der Waals surface area (Å²) in [6.07, 6.45) is 16.3. The summed E-state index contributed by atoms with van der Waals surface area (Å²) in [4.78, 5) is 0. The maximum Gasteiger partial charge on any atom is -0.0232 e. The third kappa shape index (κ3) is 4.13. The van der Waals surface area contributed by atoms with Gasteiger partial charge in [0.2, 0.25) is 0 Å². The summed E-state index contributed by atoms with van der Waals surface area (Å²) in [5, 5.41) is 0. The quantitative estimate of drug-likeness (QED) is 0.440. The standard InChI is InChI=1S/C14H24/c1-3-4-5-6-7-11-14-12-9-8-10-13(14)2/h4-5,11,13H,3,6-10,12H2,1-2H3/b5-4-,14-11-. The average Bonchev–Trinajstić information content (AvgIpc) is 2.20. The predicted molar refractivity (Wildman–Crippen MR) is 64.4 cm³/mol. The largest absolute Gasteiger partial charge is 0.0888 e. The van der Waals surface area contributed by atoms with Crippen LogP contribution in [-0.4, -0.2) is 0 Å². The molecule has 1 aliphatic carbocycles. The van der Waals surface area contributed by atoms with Gasteiger partial charge in [0.05, 0.1) is 0 Å². The molecule has 0 heteroatoms. The van der Waals surface area contributed by atoms with Crippen molar-refractivity contribution in [1.82, 2.24) is 0 Å². The Kier molecular flexibility index (Phi) is 5.66. The summed E-state index contributed by atoms with van der Waals surface area (Å²) in [7, 11) is 0. The number of rotatable bonds is 4. The van der Waals surface area contributed by atoms with Gasteiger partial charge in [0.15, 0.2) is 0 Å². The molecule has 1 saturated carbocycles. The van der Waals surface area contributed by atoms with E-state index in [9.17, 15) is 0 Å². The smallest absolute Gasteiger partial charge is 0.0232 e. The van der Waals surface area contributed by atoms with E-state index in [0.717, 1.165) is 5.92 Å². The Morgan fingerprint density at radius 3 is 2.79 bits per heavy atom. The van der Waals surface area contributed by atoms with E-state index in [-0.39, 0.29) is 0 Å². The van der Waals surface area contributed by atoms with E-state index < -0.39 is 0 Å². The van der Waals surface area contributed by atoms with Crippen LogP contribution in [0.5, 0.6) is 0 Å². The number of unbranched alkanes of at least 4 members (excludes halogenated alkanes) is 1. The molecule has 80 valence electrons. The molecule has 0 amide bonds. The second kappa shape index (κ2) is 6.86. The van der Waals surface area contributed by atoms with Crippen molar-refractivity contribution in [3.63, 3.8) is 0 Å². The van der Waals surface area contributed by atoms with Gasteiger partial charge < -0.3 is 0 Å². The first-order valence-corrected chi connectivity index (χ1v) is 6.18. The van der Waals surface area contributed by atoms with Gasteiger partial charge in [-0.05, 0) is 44.4 Å². The summed E-state index contributed by atoms with van der Waals surface area (Å²) in [6.45, 7) is 4.57. The minimum absolute atomic E-state index is 0.860. The van der Waals surface area contributed by atoms with Gasteiger partial charge in [0.25, 0.3) is 0 Å². The highest BCUT2D eigenvalue weighted by atomic mass is 14.2. The maximum absolute atomic E-state index is 2.49.